The summed E-state index contributed by atoms with van der Waals surface area (Å²) in [7, 11) is 0. The number of fused-ring (bicyclic) bond motifs is 5. The Labute approximate surface area is 183 Å². The molecule has 0 amide bonds. The molecule has 174 valence electrons. The Bertz CT molecular complexity index is 765. The van der Waals surface area contributed by atoms with E-state index in [0.29, 0.717) is 24.7 Å². The van der Waals surface area contributed by atoms with Crippen LogP contribution in [-0.4, -0.2) is 46.2 Å². The lowest BCUT2D eigenvalue weighted by molar-refractivity contribution is -0.305. The average molecular weight is 436 g/mol. The van der Waals surface area contributed by atoms with Gasteiger partial charge in [-0.3, -0.25) is 9.59 Å². The Balaban J connectivity index is 1.50. The Kier molecular flexibility index (Phi) is 5.74. The maximum Gasteiger partial charge on any atom is 0.311 e. The second-order valence-corrected chi connectivity index (χ2v) is 11.1. The molecular formula is C24H35O7-. The molecule has 0 unspecified atom stereocenters. The molecule has 0 radical (unpaired) electrons. The number of carboxylic acids is 1. The number of hydrogen-bond donors (Lipinski definition) is 2. The molecule has 0 heterocycles. The molecular weight excluding hydrogens is 400 g/mol. The Morgan fingerprint density at radius 2 is 1.74 bits per heavy atom. The van der Waals surface area contributed by atoms with Crippen molar-refractivity contribution in [3.8, 4) is 0 Å². The van der Waals surface area contributed by atoms with Gasteiger partial charge in [0.25, 0.3) is 0 Å². The number of esters is 1. The highest BCUT2D eigenvalue weighted by Crippen LogP contribution is 2.69. The fraction of sp³-hybridized carbons (Fsp3) is 0.875. The van der Waals surface area contributed by atoms with E-state index in [1.54, 1.807) is 0 Å². The van der Waals surface area contributed by atoms with Crippen LogP contribution in [0.1, 0.15) is 78.1 Å². The van der Waals surface area contributed by atoms with Crippen LogP contribution in [0.5, 0.6) is 0 Å². The highest BCUT2D eigenvalue weighted by Gasteiger charge is 2.68. The van der Waals surface area contributed by atoms with E-state index in [1.807, 2.05) is 6.92 Å². The summed E-state index contributed by atoms with van der Waals surface area (Å²) in [5, 5.41) is 32.7. The first-order valence-corrected chi connectivity index (χ1v) is 11.8. The van der Waals surface area contributed by atoms with Crippen molar-refractivity contribution >= 4 is 17.7 Å². The number of ether oxygens (including phenoxy) is 1. The van der Waals surface area contributed by atoms with Crippen LogP contribution in [0.25, 0.3) is 0 Å². The van der Waals surface area contributed by atoms with Crippen LogP contribution in [0.15, 0.2) is 0 Å². The fourth-order valence-electron chi connectivity index (χ4n) is 8.14. The maximum atomic E-state index is 12.9. The third-order valence-corrected chi connectivity index (χ3v) is 9.88. The van der Waals surface area contributed by atoms with E-state index < -0.39 is 41.9 Å². The molecule has 4 fully saturated rings. The number of aliphatic carboxylic acids is 1. The predicted molar refractivity (Wildman–Crippen MR) is 108 cm³/mol. The van der Waals surface area contributed by atoms with Crippen LogP contribution in [0.3, 0.4) is 0 Å². The molecule has 8 atom stereocenters. The second-order valence-electron chi connectivity index (χ2n) is 11.1. The Hall–Kier alpha value is -1.47. The van der Waals surface area contributed by atoms with Crippen molar-refractivity contribution in [3.63, 3.8) is 0 Å². The standard InChI is InChI=1S/C24H36O7/c1-22-8-5-15(25)11-14(22)3-4-17-16(22)6-9-23(2)18(7-10-24(17,23)30)19(26)13-31-21(29)12-20(27)28/h14-18,25,30H,3-13H2,1-2H3,(H,27,28)/p-1/t14-,15+,16+,17-,18-,22+,23-,24+/m1/s1. The zero-order valence-corrected chi connectivity index (χ0v) is 18.6. The summed E-state index contributed by atoms with van der Waals surface area (Å²) in [6.45, 7) is 3.91. The maximum absolute atomic E-state index is 12.9. The lowest BCUT2D eigenvalue weighted by atomic mass is 9.43. The monoisotopic (exact) mass is 435 g/mol. The second kappa shape index (κ2) is 7.84. The van der Waals surface area contributed by atoms with Gasteiger partial charge in [-0.25, -0.2) is 0 Å². The van der Waals surface area contributed by atoms with Crippen LogP contribution in [-0.2, 0) is 19.1 Å². The molecule has 0 saturated heterocycles. The molecule has 4 saturated carbocycles. The van der Waals surface area contributed by atoms with Crippen molar-refractivity contribution in [1.29, 1.82) is 0 Å². The third-order valence-electron chi connectivity index (χ3n) is 9.88. The average Bonchev–Trinajstić information content (AvgIpc) is 2.98. The minimum absolute atomic E-state index is 0.127. The van der Waals surface area contributed by atoms with E-state index in [9.17, 15) is 29.7 Å². The zero-order chi connectivity index (χ0) is 22.6. The van der Waals surface area contributed by atoms with Gasteiger partial charge in [0.15, 0.2) is 5.78 Å². The van der Waals surface area contributed by atoms with Gasteiger partial charge in [0.2, 0.25) is 0 Å². The van der Waals surface area contributed by atoms with Gasteiger partial charge in [-0.2, -0.15) is 0 Å². The topological polar surface area (TPSA) is 124 Å². The molecule has 0 aromatic heterocycles. The van der Waals surface area contributed by atoms with Gasteiger partial charge in [0.1, 0.15) is 6.61 Å². The largest absolute Gasteiger partial charge is 0.550 e. The number of carboxylic acid groups (broad SMARTS) is 1. The molecule has 0 bridgehead atoms. The van der Waals surface area contributed by atoms with Crippen LogP contribution < -0.4 is 5.11 Å². The predicted octanol–water partition coefficient (Wildman–Crippen LogP) is 1.37. The van der Waals surface area contributed by atoms with Crippen LogP contribution in [0.4, 0.5) is 0 Å². The number of aliphatic hydroxyl groups is 2. The number of hydrogen-bond acceptors (Lipinski definition) is 7. The molecule has 31 heavy (non-hydrogen) atoms. The highest BCUT2D eigenvalue weighted by molar-refractivity contribution is 5.91. The minimum atomic E-state index is -1.53. The first-order valence-electron chi connectivity index (χ1n) is 11.8. The van der Waals surface area contributed by atoms with Gasteiger partial charge in [0.05, 0.1) is 24.1 Å². The van der Waals surface area contributed by atoms with Crippen molar-refractivity contribution in [2.24, 2.45) is 34.5 Å². The number of carbonyl (C=O) groups is 3. The molecule has 0 spiro atoms. The van der Waals surface area contributed by atoms with Crippen LogP contribution in [0.2, 0.25) is 0 Å². The molecule has 4 aliphatic carbocycles. The molecule has 2 N–H and O–H groups in total. The Morgan fingerprint density at radius 3 is 2.45 bits per heavy atom. The molecule has 4 aliphatic rings. The summed E-state index contributed by atoms with van der Waals surface area (Å²) in [5.41, 5.74) is -1.36. The smallest absolute Gasteiger partial charge is 0.311 e. The van der Waals surface area contributed by atoms with Crippen LogP contribution >= 0.6 is 0 Å². The summed E-state index contributed by atoms with van der Waals surface area (Å²) in [6.07, 6.45) is 6.36. The van der Waals surface area contributed by atoms with Gasteiger partial charge in [0, 0.05) is 11.3 Å². The summed E-state index contributed by atoms with van der Waals surface area (Å²) < 4.78 is 4.87. The summed E-state index contributed by atoms with van der Waals surface area (Å²) >= 11 is 0. The van der Waals surface area contributed by atoms with E-state index >= 15 is 0 Å². The van der Waals surface area contributed by atoms with Gasteiger partial charge in [-0.1, -0.05) is 13.8 Å². The van der Waals surface area contributed by atoms with E-state index in [1.165, 1.54) is 0 Å². The summed E-state index contributed by atoms with van der Waals surface area (Å²) in [6, 6.07) is 0. The molecule has 4 rings (SSSR count). The SMILES string of the molecule is C[C@]12CC[C@H](O)C[C@H]1CC[C@@H]1[C@@H]2CC[C@]2(C)[C@@H](C(=O)COC(=O)CC(=O)[O-])CC[C@]12O. The van der Waals surface area contributed by atoms with E-state index in [4.69, 9.17) is 4.74 Å². The van der Waals surface area contributed by atoms with Crippen molar-refractivity contribution in [1.82, 2.24) is 0 Å². The number of aliphatic hydroxyl groups excluding tert-OH is 1. The van der Waals surface area contributed by atoms with Crippen LogP contribution in [0, 0.1) is 34.5 Å². The van der Waals surface area contributed by atoms with E-state index in [0.717, 1.165) is 44.9 Å². The fourth-order valence-corrected chi connectivity index (χ4v) is 8.14. The third kappa shape index (κ3) is 3.52. The van der Waals surface area contributed by atoms with E-state index in [2.05, 4.69) is 6.92 Å². The quantitative estimate of drug-likeness (QED) is 0.494. The highest BCUT2D eigenvalue weighted by atomic mass is 16.5. The van der Waals surface area contributed by atoms with Gasteiger partial charge < -0.3 is 24.9 Å². The van der Waals surface area contributed by atoms with Gasteiger partial charge in [-0.15, -0.1) is 0 Å². The molecule has 7 heteroatoms. The van der Waals surface area contributed by atoms with Crippen molar-refractivity contribution in [2.45, 2.75) is 89.8 Å². The number of ketones is 1. The zero-order valence-electron chi connectivity index (χ0n) is 18.6. The summed E-state index contributed by atoms with van der Waals surface area (Å²) in [5.74, 6) is -2.10. The molecule has 7 nitrogen and oxygen atoms in total. The van der Waals surface area contributed by atoms with Crippen molar-refractivity contribution < 1.29 is 34.4 Å². The number of Topliss-reactive ketones (excluding diaryl/α,β-unsaturated/α-hetero) is 1. The minimum Gasteiger partial charge on any atom is -0.550 e. The summed E-state index contributed by atoms with van der Waals surface area (Å²) in [4.78, 5) is 35.0. The lowest BCUT2D eigenvalue weighted by Crippen LogP contribution is -2.62. The molecule has 0 aromatic carbocycles. The van der Waals surface area contributed by atoms with Crippen molar-refractivity contribution in [2.75, 3.05) is 6.61 Å². The van der Waals surface area contributed by atoms with E-state index in [-0.39, 0.29) is 23.2 Å². The molecule has 0 aromatic rings. The normalized spacial score (nSPS) is 46.4. The first-order chi connectivity index (χ1) is 14.5. The first kappa shape index (κ1) is 22.7. The van der Waals surface area contributed by atoms with Gasteiger partial charge >= 0.3 is 5.97 Å². The Morgan fingerprint density at radius 1 is 1.00 bits per heavy atom. The lowest BCUT2D eigenvalue weighted by Gasteiger charge is -2.63. The van der Waals surface area contributed by atoms with Crippen molar-refractivity contribution in [3.05, 3.63) is 0 Å². The molecule has 0 aliphatic heterocycles. The number of carbonyl (C=O) groups excluding carboxylic acids is 3. The number of rotatable bonds is 5. The van der Waals surface area contributed by atoms with Gasteiger partial charge in [-0.05, 0) is 81.0 Å².